The van der Waals surface area contributed by atoms with Crippen molar-refractivity contribution in [3.63, 3.8) is 0 Å². The third kappa shape index (κ3) is 3.52. The molecule has 3 N–H and O–H groups in total. The van der Waals surface area contributed by atoms with Gasteiger partial charge in [-0.2, -0.15) is 18.8 Å². The van der Waals surface area contributed by atoms with Crippen LogP contribution in [0.4, 0.5) is 18.9 Å². The molecule has 2 aromatic rings. The molecule has 150 valence electrons. The van der Waals surface area contributed by atoms with Gasteiger partial charge in [-0.3, -0.25) is 4.79 Å². The number of hydrogen-bond acceptors (Lipinski definition) is 6. The van der Waals surface area contributed by atoms with Gasteiger partial charge in [0.15, 0.2) is 18.3 Å². The number of aromatic nitrogens is 1. The van der Waals surface area contributed by atoms with Crippen molar-refractivity contribution in [3.05, 3.63) is 64.4 Å². The number of pyridine rings is 1. The number of alkyl halides is 2. The van der Waals surface area contributed by atoms with Gasteiger partial charge in [-0.1, -0.05) is 0 Å². The van der Waals surface area contributed by atoms with E-state index >= 15 is 0 Å². The predicted molar refractivity (Wildman–Crippen MR) is 94.3 cm³/mol. The maximum absolute atomic E-state index is 14.5. The third-order valence-electron chi connectivity index (χ3n) is 4.47. The van der Waals surface area contributed by atoms with Crippen molar-refractivity contribution in [3.8, 4) is 6.07 Å². The lowest BCUT2D eigenvalue weighted by Crippen LogP contribution is -2.51. The first-order chi connectivity index (χ1) is 13.6. The van der Waals surface area contributed by atoms with E-state index in [1.807, 2.05) is 0 Å². The zero-order valence-corrected chi connectivity index (χ0v) is 14.9. The molecule has 1 amide bonds. The van der Waals surface area contributed by atoms with E-state index < -0.39 is 41.4 Å². The molecule has 11 heteroatoms. The Morgan fingerprint density at radius 2 is 2.14 bits per heavy atom. The van der Waals surface area contributed by atoms with Crippen molar-refractivity contribution in [2.45, 2.75) is 18.4 Å². The molecule has 0 bridgehead atoms. The summed E-state index contributed by atoms with van der Waals surface area (Å²) in [7, 11) is 0. The van der Waals surface area contributed by atoms with Crippen LogP contribution < -0.4 is 15.8 Å². The molecule has 3 rings (SSSR count). The highest BCUT2D eigenvalue weighted by atomic mass is 19.3. The Morgan fingerprint density at radius 1 is 1.41 bits per heavy atom. The topological polar surface area (TPSA) is 127 Å². The normalized spacial score (nSPS) is 20.2. The number of halogens is 3. The summed E-state index contributed by atoms with van der Waals surface area (Å²) < 4.78 is 48.1. The summed E-state index contributed by atoms with van der Waals surface area (Å²) >= 11 is 0. The molecule has 1 aromatic carbocycles. The van der Waals surface area contributed by atoms with Crippen LogP contribution in [0.25, 0.3) is 0 Å². The minimum Gasteiger partial charge on any atom is -0.618 e. The average Bonchev–Trinajstić information content (AvgIpc) is 2.66. The second-order valence-corrected chi connectivity index (χ2v) is 6.40. The Balaban J connectivity index is 1.97. The molecule has 2 heterocycles. The monoisotopic (exact) mass is 405 g/mol. The number of rotatable bonds is 3. The molecule has 0 aliphatic carbocycles. The lowest BCUT2D eigenvalue weighted by atomic mass is 9.85. The van der Waals surface area contributed by atoms with Gasteiger partial charge in [0.25, 0.3) is 11.7 Å². The Morgan fingerprint density at radius 3 is 2.79 bits per heavy atom. The molecule has 1 atom stereocenters. The van der Waals surface area contributed by atoms with Gasteiger partial charge >= 0.3 is 11.8 Å². The van der Waals surface area contributed by atoms with E-state index in [9.17, 15) is 23.2 Å². The van der Waals surface area contributed by atoms with Crippen LogP contribution >= 0.6 is 0 Å². The first-order valence-corrected chi connectivity index (χ1v) is 8.18. The maximum Gasteiger partial charge on any atom is 0.321 e. The van der Waals surface area contributed by atoms with Crippen LogP contribution in [0.3, 0.4) is 0 Å². The Kier molecular flexibility index (Phi) is 4.79. The van der Waals surface area contributed by atoms with Crippen molar-refractivity contribution in [2.75, 3.05) is 11.9 Å². The molecule has 0 spiro atoms. The minimum atomic E-state index is -3.58. The molecule has 0 saturated carbocycles. The lowest BCUT2D eigenvalue weighted by Gasteiger charge is -2.37. The van der Waals surface area contributed by atoms with Crippen molar-refractivity contribution in [1.29, 1.82) is 5.26 Å². The van der Waals surface area contributed by atoms with Crippen molar-refractivity contribution >= 4 is 17.6 Å². The zero-order chi connectivity index (χ0) is 21.4. The van der Waals surface area contributed by atoms with E-state index in [2.05, 4.69) is 15.0 Å². The number of nitrogens with zero attached hydrogens (tertiary/aromatic N) is 3. The number of ether oxygens (including phenoxy) is 1. The predicted octanol–water partition coefficient (Wildman–Crippen LogP) is 1.78. The van der Waals surface area contributed by atoms with Crippen LogP contribution in [0, 0.1) is 22.4 Å². The molecular formula is C18H14F3N5O3. The average molecular weight is 405 g/mol. The van der Waals surface area contributed by atoms with Gasteiger partial charge in [0.1, 0.15) is 17.4 Å². The number of carbonyl (C=O) groups excluding carboxylic acids is 1. The summed E-state index contributed by atoms with van der Waals surface area (Å²) in [5.41, 5.74) is 2.17. The molecule has 0 fully saturated rings. The summed E-state index contributed by atoms with van der Waals surface area (Å²) in [6.45, 7) is -0.0884. The molecule has 1 aliphatic heterocycles. The number of nitrogens with two attached hydrogens (primary N) is 1. The van der Waals surface area contributed by atoms with Crippen LogP contribution in [0.1, 0.15) is 28.5 Å². The fraction of sp³-hybridized carbons (Fsp3) is 0.222. The van der Waals surface area contributed by atoms with Gasteiger partial charge < -0.3 is 21.0 Å². The molecule has 0 saturated heterocycles. The van der Waals surface area contributed by atoms with Gasteiger partial charge in [-0.05, 0) is 31.2 Å². The lowest BCUT2D eigenvalue weighted by molar-refractivity contribution is -0.607. The number of benzene rings is 1. The van der Waals surface area contributed by atoms with E-state index in [0.717, 1.165) is 37.4 Å². The largest absolute Gasteiger partial charge is 0.618 e. The first-order valence-electron chi connectivity index (χ1n) is 8.18. The summed E-state index contributed by atoms with van der Waals surface area (Å²) in [6.07, 6.45) is 0.909. The number of carbonyl (C=O) groups is 1. The van der Waals surface area contributed by atoms with E-state index in [0.29, 0.717) is 0 Å². The molecule has 0 radical (unpaired) electrons. The van der Waals surface area contributed by atoms with Crippen molar-refractivity contribution in [2.24, 2.45) is 10.7 Å². The molecule has 0 unspecified atom stereocenters. The highest BCUT2D eigenvalue weighted by molar-refractivity contribution is 6.01. The van der Waals surface area contributed by atoms with Crippen LogP contribution in [-0.4, -0.2) is 24.5 Å². The number of hydrogen-bond donors (Lipinski definition) is 2. The molecule has 1 aliphatic rings. The number of amidine groups is 1. The first kappa shape index (κ1) is 19.9. The summed E-state index contributed by atoms with van der Waals surface area (Å²) in [4.78, 5) is 15.9. The quantitative estimate of drug-likeness (QED) is 0.594. The van der Waals surface area contributed by atoms with Crippen LogP contribution in [0.2, 0.25) is 0 Å². The number of aliphatic imine (C=N–C) groups is 1. The summed E-state index contributed by atoms with van der Waals surface area (Å²) in [5, 5.41) is 23.0. The second-order valence-electron chi connectivity index (χ2n) is 6.40. The Hall–Kier alpha value is -3.81. The van der Waals surface area contributed by atoms with E-state index in [4.69, 9.17) is 11.0 Å². The van der Waals surface area contributed by atoms with E-state index in [1.54, 1.807) is 6.07 Å². The Bertz CT molecular complexity index is 1070. The highest BCUT2D eigenvalue weighted by Gasteiger charge is 2.56. The second kappa shape index (κ2) is 6.97. The van der Waals surface area contributed by atoms with Gasteiger partial charge in [0.05, 0.1) is 0 Å². The fourth-order valence-electron chi connectivity index (χ4n) is 2.79. The molecular weight excluding hydrogens is 391 g/mol. The summed E-state index contributed by atoms with van der Waals surface area (Å²) in [5.74, 6) is -5.44. The van der Waals surface area contributed by atoms with E-state index in [-0.39, 0.29) is 21.7 Å². The number of nitriles is 1. The van der Waals surface area contributed by atoms with Gasteiger partial charge in [0.2, 0.25) is 0 Å². The van der Waals surface area contributed by atoms with Crippen molar-refractivity contribution in [1.82, 2.24) is 0 Å². The summed E-state index contributed by atoms with van der Waals surface area (Å²) in [6, 6.07) is 6.64. The fourth-order valence-corrected chi connectivity index (χ4v) is 2.79. The smallest absolute Gasteiger partial charge is 0.321 e. The SMILES string of the molecule is C[C@]1(c2cc(NC(=O)c3ccc(C#N)c[n+]3[O-])ccc2F)N=C(N)OCC1(F)F. The van der Waals surface area contributed by atoms with E-state index in [1.165, 1.54) is 6.07 Å². The molecule has 29 heavy (non-hydrogen) atoms. The minimum absolute atomic E-state index is 0.0470. The van der Waals surface area contributed by atoms with Crippen LogP contribution in [0.5, 0.6) is 0 Å². The maximum atomic E-state index is 14.5. The standard InChI is InChI=1S/C18H14F3N5O3/c1-17(18(20,21)9-29-16(23)25-17)12-6-11(3-4-13(12)19)24-15(27)14-5-2-10(7-22)8-26(14)28/h2-6,8H,9H2,1H3,(H2,23,25)(H,24,27)/t17-/m1/s1. The van der Waals surface area contributed by atoms with Gasteiger partial charge in [-0.25, -0.2) is 9.38 Å². The van der Waals surface area contributed by atoms with Gasteiger partial charge in [0, 0.05) is 17.3 Å². The van der Waals surface area contributed by atoms with Crippen LogP contribution in [0.15, 0.2) is 41.5 Å². The van der Waals surface area contributed by atoms with Crippen LogP contribution in [-0.2, 0) is 10.3 Å². The molecule has 8 nitrogen and oxygen atoms in total. The zero-order valence-electron chi connectivity index (χ0n) is 14.9. The van der Waals surface area contributed by atoms with Crippen molar-refractivity contribution < 1.29 is 27.4 Å². The number of anilines is 1. The number of nitrogens with one attached hydrogen (secondary N) is 1. The third-order valence-corrected chi connectivity index (χ3v) is 4.47. The highest BCUT2D eigenvalue weighted by Crippen LogP contribution is 2.44. The number of amides is 1. The van der Waals surface area contributed by atoms with Gasteiger partial charge in [-0.15, -0.1) is 0 Å². The Labute approximate surface area is 162 Å². The molecule has 1 aromatic heterocycles.